The van der Waals surface area contributed by atoms with E-state index < -0.39 is 29.1 Å². The second-order valence-corrected chi connectivity index (χ2v) is 5.63. The Bertz CT molecular complexity index is 865. The highest BCUT2D eigenvalue weighted by atomic mass is 19.4. The summed E-state index contributed by atoms with van der Waals surface area (Å²) < 4.78 is 62.7. The molecule has 0 radical (unpaired) electrons. The van der Waals surface area contributed by atoms with Crippen LogP contribution in [0.25, 0.3) is 0 Å². The first-order valence-corrected chi connectivity index (χ1v) is 8.08. The van der Waals surface area contributed by atoms with E-state index in [2.05, 4.69) is 9.73 Å². The predicted molar refractivity (Wildman–Crippen MR) is 93.2 cm³/mol. The highest BCUT2D eigenvalue weighted by molar-refractivity contribution is 5.84. The maximum Gasteiger partial charge on any atom is 0.432 e. The van der Waals surface area contributed by atoms with Gasteiger partial charge in [-0.25, -0.2) is 9.18 Å². The number of ether oxygens (including phenoxy) is 2. The fourth-order valence-electron chi connectivity index (χ4n) is 2.34. The molecule has 1 N–H and O–H groups in total. The van der Waals surface area contributed by atoms with E-state index in [0.29, 0.717) is 5.56 Å². The molecule has 9 heteroatoms. The molecule has 0 saturated carbocycles. The number of methoxy groups -OCH3 is 1. The summed E-state index contributed by atoms with van der Waals surface area (Å²) in [5.74, 6) is -2.38. The topological polar surface area (TPSA) is 68.1 Å². The van der Waals surface area contributed by atoms with Gasteiger partial charge in [0, 0.05) is 11.8 Å². The van der Waals surface area contributed by atoms with Gasteiger partial charge in [-0.3, -0.25) is 4.99 Å². The number of carbonyl (C=O) groups is 1. The molecule has 150 valence electrons. The van der Waals surface area contributed by atoms with Crippen LogP contribution in [-0.2, 0) is 15.1 Å². The lowest BCUT2D eigenvalue weighted by atomic mass is 9.92. The van der Waals surface area contributed by atoms with Crippen LogP contribution in [-0.4, -0.2) is 37.2 Å². The van der Waals surface area contributed by atoms with Crippen molar-refractivity contribution in [2.75, 3.05) is 13.7 Å². The van der Waals surface area contributed by atoms with E-state index in [4.69, 9.17) is 4.74 Å². The van der Waals surface area contributed by atoms with Crippen molar-refractivity contribution in [1.82, 2.24) is 0 Å². The van der Waals surface area contributed by atoms with E-state index in [-0.39, 0.29) is 18.0 Å². The molecule has 2 aromatic rings. The Labute approximate surface area is 158 Å². The van der Waals surface area contributed by atoms with Crippen LogP contribution in [0.1, 0.15) is 18.1 Å². The van der Waals surface area contributed by atoms with Gasteiger partial charge >= 0.3 is 12.1 Å². The van der Waals surface area contributed by atoms with E-state index in [1.54, 1.807) is 0 Å². The number of aliphatic imine (C=N–C) groups is 1. The summed E-state index contributed by atoms with van der Waals surface area (Å²) >= 11 is 0. The van der Waals surface area contributed by atoms with Crippen LogP contribution < -0.4 is 4.74 Å². The lowest BCUT2D eigenvalue weighted by Crippen LogP contribution is -2.50. The summed E-state index contributed by atoms with van der Waals surface area (Å²) in [6.07, 6.45) is -3.96. The molecule has 0 fully saturated rings. The molecular formula is C19H17F4NO4. The molecule has 0 aromatic heterocycles. The molecule has 0 amide bonds. The van der Waals surface area contributed by atoms with Gasteiger partial charge in [0.2, 0.25) is 0 Å². The maximum absolute atomic E-state index is 13.5. The monoisotopic (exact) mass is 399 g/mol. The number of carbonyl (C=O) groups excluding carboxylic acids is 1. The molecule has 28 heavy (non-hydrogen) atoms. The van der Waals surface area contributed by atoms with Crippen LogP contribution in [0.2, 0.25) is 0 Å². The number of aliphatic hydroxyl groups is 1. The second kappa shape index (κ2) is 8.39. The lowest BCUT2D eigenvalue weighted by Gasteiger charge is -2.28. The molecule has 1 atom stereocenters. The SMILES string of the molecule is CCOC(=O)[C@@](O)(c1ccc(N=Cc2ccc(F)cc2)c(OC)c1)C(F)(F)F. The molecule has 2 aromatic carbocycles. The molecule has 0 unspecified atom stereocenters. The number of benzene rings is 2. The molecule has 2 rings (SSSR count). The summed E-state index contributed by atoms with van der Waals surface area (Å²) in [6, 6.07) is 8.30. The molecule has 0 bridgehead atoms. The summed E-state index contributed by atoms with van der Waals surface area (Å²) in [6.45, 7) is 0.983. The Hall–Kier alpha value is -2.94. The summed E-state index contributed by atoms with van der Waals surface area (Å²) in [5.41, 5.74) is -3.93. The zero-order valence-corrected chi connectivity index (χ0v) is 15.0. The minimum atomic E-state index is -5.32. The first-order valence-electron chi connectivity index (χ1n) is 8.08. The van der Waals surface area contributed by atoms with Gasteiger partial charge in [0.1, 0.15) is 17.3 Å². The molecule has 0 aliphatic carbocycles. The Morgan fingerprint density at radius 2 is 1.82 bits per heavy atom. The van der Waals surface area contributed by atoms with Crippen molar-refractivity contribution in [3.63, 3.8) is 0 Å². The van der Waals surface area contributed by atoms with E-state index in [9.17, 15) is 27.5 Å². The van der Waals surface area contributed by atoms with Crippen LogP contribution in [0.5, 0.6) is 5.75 Å². The van der Waals surface area contributed by atoms with Gasteiger partial charge in [0.25, 0.3) is 5.60 Å². The van der Waals surface area contributed by atoms with Gasteiger partial charge in [0.05, 0.1) is 13.7 Å². The van der Waals surface area contributed by atoms with Crippen LogP contribution in [0.15, 0.2) is 47.5 Å². The van der Waals surface area contributed by atoms with Crippen LogP contribution in [0.4, 0.5) is 23.2 Å². The predicted octanol–water partition coefficient (Wildman–Crippen LogP) is 3.90. The lowest BCUT2D eigenvalue weighted by molar-refractivity contribution is -0.267. The largest absolute Gasteiger partial charge is 0.494 e. The fourth-order valence-corrected chi connectivity index (χ4v) is 2.34. The van der Waals surface area contributed by atoms with Gasteiger partial charge in [0.15, 0.2) is 0 Å². The van der Waals surface area contributed by atoms with Crippen molar-refractivity contribution in [1.29, 1.82) is 0 Å². The van der Waals surface area contributed by atoms with E-state index in [1.807, 2.05) is 0 Å². The number of alkyl halides is 3. The standard InChI is InChI=1S/C19H17F4NO4/c1-3-28-17(25)18(26,19(21,22)23)13-6-9-15(16(10-13)27-2)24-11-12-4-7-14(20)8-5-12/h4-11,26H,3H2,1-2H3/t18-/m0/s1. The Kier molecular flexibility index (Phi) is 6.40. The number of hydrogen-bond acceptors (Lipinski definition) is 5. The van der Waals surface area contributed by atoms with Crippen molar-refractivity contribution < 1.29 is 36.9 Å². The quantitative estimate of drug-likeness (QED) is 0.455. The highest BCUT2D eigenvalue weighted by Crippen LogP contribution is 2.42. The average molecular weight is 399 g/mol. The van der Waals surface area contributed by atoms with Crippen molar-refractivity contribution in [2.45, 2.75) is 18.7 Å². The van der Waals surface area contributed by atoms with Crippen molar-refractivity contribution in [2.24, 2.45) is 4.99 Å². The second-order valence-electron chi connectivity index (χ2n) is 5.63. The third kappa shape index (κ3) is 4.30. The number of esters is 1. The molecule has 0 aliphatic heterocycles. The van der Waals surface area contributed by atoms with Crippen molar-refractivity contribution >= 4 is 17.9 Å². The number of rotatable bonds is 6. The first-order chi connectivity index (χ1) is 13.1. The first kappa shape index (κ1) is 21.4. The third-order valence-electron chi connectivity index (χ3n) is 3.80. The zero-order chi connectivity index (χ0) is 20.9. The molecule has 0 heterocycles. The minimum absolute atomic E-state index is 0.108. The van der Waals surface area contributed by atoms with Crippen LogP contribution in [0.3, 0.4) is 0 Å². The van der Waals surface area contributed by atoms with E-state index >= 15 is 0 Å². The number of nitrogens with zero attached hydrogens (tertiary/aromatic N) is 1. The van der Waals surface area contributed by atoms with Gasteiger partial charge in [-0.2, -0.15) is 13.2 Å². The maximum atomic E-state index is 13.5. The Morgan fingerprint density at radius 1 is 1.18 bits per heavy atom. The highest BCUT2D eigenvalue weighted by Gasteiger charge is 2.62. The van der Waals surface area contributed by atoms with Gasteiger partial charge in [-0.15, -0.1) is 0 Å². The van der Waals surface area contributed by atoms with Crippen molar-refractivity contribution in [3.8, 4) is 5.75 Å². The summed E-state index contributed by atoms with van der Waals surface area (Å²) in [5, 5.41) is 10.1. The van der Waals surface area contributed by atoms with Crippen LogP contribution in [0, 0.1) is 5.82 Å². The van der Waals surface area contributed by atoms with Crippen LogP contribution >= 0.6 is 0 Å². The molecule has 0 spiro atoms. The number of hydrogen-bond donors (Lipinski definition) is 1. The summed E-state index contributed by atoms with van der Waals surface area (Å²) in [7, 11) is 1.20. The smallest absolute Gasteiger partial charge is 0.432 e. The zero-order valence-electron chi connectivity index (χ0n) is 15.0. The molecule has 0 saturated heterocycles. The van der Waals surface area contributed by atoms with E-state index in [1.165, 1.54) is 44.5 Å². The molecule has 5 nitrogen and oxygen atoms in total. The Morgan fingerprint density at radius 3 is 2.36 bits per heavy atom. The fraction of sp³-hybridized carbons (Fsp3) is 0.263. The van der Waals surface area contributed by atoms with Gasteiger partial charge in [-0.1, -0.05) is 18.2 Å². The Balaban J connectivity index is 2.45. The molecular weight excluding hydrogens is 382 g/mol. The van der Waals surface area contributed by atoms with Gasteiger partial charge < -0.3 is 14.6 Å². The average Bonchev–Trinajstić information content (AvgIpc) is 2.66. The minimum Gasteiger partial charge on any atom is -0.494 e. The van der Waals surface area contributed by atoms with Gasteiger partial charge in [-0.05, 0) is 36.8 Å². The van der Waals surface area contributed by atoms with Crippen molar-refractivity contribution in [3.05, 3.63) is 59.4 Å². The number of halogens is 4. The molecule has 0 aliphatic rings. The summed E-state index contributed by atoms with van der Waals surface area (Å²) in [4.78, 5) is 15.9. The van der Waals surface area contributed by atoms with E-state index in [0.717, 1.165) is 18.2 Å². The third-order valence-corrected chi connectivity index (χ3v) is 3.80. The normalized spacial score (nSPS) is 14.0.